The van der Waals surface area contributed by atoms with Crippen molar-refractivity contribution in [3.05, 3.63) is 50.3 Å². The van der Waals surface area contributed by atoms with Crippen LogP contribution in [0.5, 0.6) is 5.75 Å². The topological polar surface area (TPSA) is 84.3 Å². The minimum atomic E-state index is -0.163. The van der Waals surface area contributed by atoms with E-state index in [9.17, 15) is 4.79 Å². The van der Waals surface area contributed by atoms with Crippen molar-refractivity contribution in [1.29, 1.82) is 0 Å². The maximum atomic E-state index is 12.1. The highest BCUT2D eigenvalue weighted by atomic mass is 79.9. The molecule has 0 aliphatic heterocycles. The second-order valence-electron chi connectivity index (χ2n) is 5.35. The van der Waals surface area contributed by atoms with Crippen LogP contribution in [0.3, 0.4) is 0 Å². The molecule has 0 saturated heterocycles. The number of anilines is 1. The summed E-state index contributed by atoms with van der Waals surface area (Å²) in [6, 6.07) is 7.32. The molecule has 7 nitrogen and oxygen atoms in total. The Labute approximate surface area is 147 Å². The molecule has 0 aliphatic rings. The molecule has 0 fully saturated rings. The lowest BCUT2D eigenvalue weighted by molar-refractivity contribution is 0.410. The molecule has 0 amide bonds. The number of aromatic amines is 1. The molecule has 24 heavy (non-hydrogen) atoms. The van der Waals surface area contributed by atoms with E-state index >= 15 is 0 Å². The van der Waals surface area contributed by atoms with E-state index in [1.165, 1.54) is 10.6 Å². The zero-order valence-corrected chi connectivity index (χ0v) is 15.1. The van der Waals surface area contributed by atoms with E-state index in [-0.39, 0.29) is 5.56 Å². The predicted molar refractivity (Wildman–Crippen MR) is 95.6 cm³/mol. The van der Waals surface area contributed by atoms with Crippen LogP contribution in [0.1, 0.15) is 24.6 Å². The molecule has 2 N–H and O–H groups in total. The molecule has 0 saturated carbocycles. The Morgan fingerprint density at radius 1 is 1.33 bits per heavy atom. The SMILES string of the molecule is CCCc1cc(=O)n2[nH]c(NCc3cc(Br)ccc3OC)nc2n1. The van der Waals surface area contributed by atoms with Gasteiger partial charge in [0, 0.05) is 22.6 Å². The molecule has 0 spiro atoms. The zero-order chi connectivity index (χ0) is 17.1. The second-order valence-corrected chi connectivity index (χ2v) is 6.27. The van der Waals surface area contributed by atoms with Gasteiger partial charge in [-0.15, -0.1) is 0 Å². The maximum Gasteiger partial charge on any atom is 0.274 e. The van der Waals surface area contributed by atoms with Crippen molar-refractivity contribution in [2.24, 2.45) is 0 Å². The van der Waals surface area contributed by atoms with Gasteiger partial charge >= 0.3 is 0 Å². The van der Waals surface area contributed by atoms with Gasteiger partial charge in [-0.05, 0) is 24.6 Å². The molecule has 2 heterocycles. The highest BCUT2D eigenvalue weighted by molar-refractivity contribution is 9.10. The quantitative estimate of drug-likeness (QED) is 0.674. The summed E-state index contributed by atoms with van der Waals surface area (Å²) < 4.78 is 7.65. The van der Waals surface area contributed by atoms with Crippen molar-refractivity contribution in [3.63, 3.8) is 0 Å². The first-order valence-electron chi connectivity index (χ1n) is 7.65. The van der Waals surface area contributed by atoms with Crippen LogP contribution in [0.2, 0.25) is 0 Å². The van der Waals surface area contributed by atoms with Crippen molar-refractivity contribution < 1.29 is 4.74 Å². The molecule has 0 bridgehead atoms. The van der Waals surface area contributed by atoms with E-state index in [0.29, 0.717) is 18.3 Å². The van der Waals surface area contributed by atoms with E-state index in [1.807, 2.05) is 25.1 Å². The first-order chi connectivity index (χ1) is 11.6. The van der Waals surface area contributed by atoms with Crippen molar-refractivity contribution in [1.82, 2.24) is 19.6 Å². The van der Waals surface area contributed by atoms with Crippen LogP contribution in [0.25, 0.3) is 5.78 Å². The predicted octanol–water partition coefficient (Wildman–Crippen LogP) is 2.75. The van der Waals surface area contributed by atoms with Crippen molar-refractivity contribution >= 4 is 27.7 Å². The number of fused-ring (bicyclic) bond motifs is 1. The summed E-state index contributed by atoms with van der Waals surface area (Å²) in [7, 11) is 1.63. The van der Waals surface area contributed by atoms with Crippen LogP contribution < -0.4 is 15.6 Å². The Bertz CT molecular complexity index is 918. The number of rotatable bonds is 6. The summed E-state index contributed by atoms with van der Waals surface area (Å²) in [5, 5.41) is 6.09. The number of halogens is 1. The molecule has 126 valence electrons. The van der Waals surface area contributed by atoms with Gasteiger partial charge in [0.1, 0.15) is 5.75 Å². The Morgan fingerprint density at radius 3 is 2.92 bits per heavy atom. The Balaban J connectivity index is 1.85. The molecule has 0 radical (unpaired) electrons. The molecule has 0 aliphatic carbocycles. The summed E-state index contributed by atoms with van der Waals surface area (Å²) in [6.45, 7) is 2.55. The van der Waals surface area contributed by atoms with Crippen LogP contribution in [0.15, 0.2) is 33.5 Å². The molecule has 0 atom stereocenters. The van der Waals surface area contributed by atoms with E-state index in [4.69, 9.17) is 4.74 Å². The van der Waals surface area contributed by atoms with Crippen LogP contribution in [-0.4, -0.2) is 26.7 Å². The normalized spacial score (nSPS) is 11.0. The van der Waals surface area contributed by atoms with E-state index in [2.05, 4.69) is 36.3 Å². The number of aromatic nitrogens is 4. The number of benzene rings is 1. The number of hydrogen-bond acceptors (Lipinski definition) is 5. The second kappa shape index (κ2) is 7.04. The van der Waals surface area contributed by atoms with Crippen molar-refractivity contribution in [2.45, 2.75) is 26.3 Å². The van der Waals surface area contributed by atoms with Gasteiger partial charge in [0.15, 0.2) is 0 Å². The number of methoxy groups -OCH3 is 1. The summed E-state index contributed by atoms with van der Waals surface area (Å²) in [5.41, 5.74) is 1.57. The Kier molecular flexibility index (Phi) is 4.84. The monoisotopic (exact) mass is 391 g/mol. The molecule has 3 rings (SSSR count). The van der Waals surface area contributed by atoms with Crippen LogP contribution in [0, 0.1) is 0 Å². The fourth-order valence-corrected chi connectivity index (χ4v) is 2.86. The van der Waals surface area contributed by atoms with Gasteiger partial charge in [-0.25, -0.2) is 4.98 Å². The van der Waals surface area contributed by atoms with Crippen molar-refractivity contribution in [2.75, 3.05) is 12.4 Å². The van der Waals surface area contributed by atoms with Gasteiger partial charge in [-0.1, -0.05) is 29.3 Å². The molecular weight excluding hydrogens is 374 g/mol. The third kappa shape index (κ3) is 3.43. The Morgan fingerprint density at radius 2 is 2.17 bits per heavy atom. The fourth-order valence-electron chi connectivity index (χ4n) is 2.45. The zero-order valence-electron chi connectivity index (χ0n) is 13.5. The molecule has 1 aromatic carbocycles. The van der Waals surface area contributed by atoms with E-state index in [1.54, 1.807) is 7.11 Å². The van der Waals surface area contributed by atoms with Gasteiger partial charge in [-0.2, -0.15) is 9.50 Å². The minimum absolute atomic E-state index is 0.163. The average Bonchev–Trinajstić information content (AvgIpc) is 2.97. The number of ether oxygens (including phenoxy) is 1. The fraction of sp³-hybridized carbons (Fsp3) is 0.312. The van der Waals surface area contributed by atoms with Gasteiger partial charge in [0.25, 0.3) is 11.3 Å². The maximum absolute atomic E-state index is 12.1. The van der Waals surface area contributed by atoms with E-state index in [0.717, 1.165) is 34.3 Å². The van der Waals surface area contributed by atoms with Gasteiger partial charge in [-0.3, -0.25) is 9.89 Å². The summed E-state index contributed by atoms with van der Waals surface area (Å²) in [4.78, 5) is 20.8. The lowest BCUT2D eigenvalue weighted by Crippen LogP contribution is -2.15. The molecular formula is C16H18BrN5O2. The lowest BCUT2D eigenvalue weighted by atomic mass is 10.2. The molecule has 0 unspecified atom stereocenters. The molecule has 8 heteroatoms. The number of nitrogens with zero attached hydrogens (tertiary/aromatic N) is 3. The summed E-state index contributed by atoms with van der Waals surface area (Å²) in [6.07, 6.45) is 1.69. The number of hydrogen-bond donors (Lipinski definition) is 2. The third-order valence-corrected chi connectivity index (χ3v) is 4.07. The van der Waals surface area contributed by atoms with Gasteiger partial charge < -0.3 is 10.1 Å². The van der Waals surface area contributed by atoms with Crippen LogP contribution in [0.4, 0.5) is 5.95 Å². The van der Waals surface area contributed by atoms with Gasteiger partial charge in [0.05, 0.1) is 12.8 Å². The molecule has 3 aromatic rings. The smallest absolute Gasteiger partial charge is 0.274 e. The standard InChI is InChI=1S/C16H18BrN5O2/c1-3-4-12-8-14(23)22-16(19-12)20-15(21-22)18-9-10-7-11(17)5-6-13(10)24-2/h5-8H,3-4,9H2,1-2H3,(H2,18,19,20,21). The minimum Gasteiger partial charge on any atom is -0.496 e. The van der Waals surface area contributed by atoms with Gasteiger partial charge in [0.2, 0.25) is 5.95 Å². The van der Waals surface area contributed by atoms with E-state index < -0.39 is 0 Å². The number of aryl methyl sites for hydroxylation is 1. The first kappa shape index (κ1) is 16.5. The number of H-pyrrole nitrogens is 1. The third-order valence-electron chi connectivity index (χ3n) is 3.58. The van der Waals surface area contributed by atoms with Crippen LogP contribution >= 0.6 is 15.9 Å². The Hall–Kier alpha value is -2.35. The summed E-state index contributed by atoms with van der Waals surface area (Å²) >= 11 is 3.45. The first-order valence-corrected chi connectivity index (χ1v) is 8.45. The highest BCUT2D eigenvalue weighted by Gasteiger charge is 2.09. The highest BCUT2D eigenvalue weighted by Crippen LogP contribution is 2.23. The van der Waals surface area contributed by atoms with Crippen LogP contribution in [-0.2, 0) is 13.0 Å². The molecule has 2 aromatic heterocycles. The summed E-state index contributed by atoms with van der Waals surface area (Å²) in [5.74, 6) is 1.63. The lowest BCUT2D eigenvalue weighted by Gasteiger charge is -2.09. The van der Waals surface area contributed by atoms with Crippen molar-refractivity contribution in [3.8, 4) is 5.75 Å². The average molecular weight is 392 g/mol. The largest absolute Gasteiger partial charge is 0.496 e. The number of nitrogens with one attached hydrogen (secondary N) is 2.